The standard InChI is InChI=1S/C28H26N2O5/c1-17-9-14-22-23(15-17)27(33)30(26(22)32)20-12-10-19(11-13-20)28(34)35-16-25(31)29-24-8-4-6-18-5-2-3-7-21(18)24/h2-8,10-13,17,22-23H,9,14-16H2,1H3,(H,29,31)/t17-,22+,23+/m1/s1. The largest absolute Gasteiger partial charge is 0.452 e. The molecule has 3 atom stereocenters. The Labute approximate surface area is 203 Å². The number of fused-ring (bicyclic) bond motifs is 2. The smallest absolute Gasteiger partial charge is 0.338 e. The first-order valence-electron chi connectivity index (χ1n) is 11.8. The second-order valence-electron chi connectivity index (χ2n) is 9.34. The van der Waals surface area contributed by atoms with Crippen LogP contribution in [0.1, 0.15) is 36.5 Å². The summed E-state index contributed by atoms with van der Waals surface area (Å²) in [4.78, 5) is 51.8. The zero-order valence-corrected chi connectivity index (χ0v) is 19.4. The van der Waals surface area contributed by atoms with Gasteiger partial charge in [0.15, 0.2) is 6.61 Å². The van der Waals surface area contributed by atoms with Crippen LogP contribution < -0.4 is 10.2 Å². The summed E-state index contributed by atoms with van der Waals surface area (Å²) in [5, 5.41) is 4.66. The summed E-state index contributed by atoms with van der Waals surface area (Å²) in [6.07, 6.45) is 2.42. The third-order valence-corrected chi connectivity index (χ3v) is 6.95. The fraction of sp³-hybridized carbons (Fsp3) is 0.286. The van der Waals surface area contributed by atoms with Crippen LogP contribution in [0.3, 0.4) is 0 Å². The lowest BCUT2D eigenvalue weighted by Gasteiger charge is -2.25. The van der Waals surface area contributed by atoms with Crippen LogP contribution in [0, 0.1) is 17.8 Å². The predicted octanol–water partition coefficient (Wildman–Crippen LogP) is 4.56. The van der Waals surface area contributed by atoms with Crippen molar-refractivity contribution in [2.45, 2.75) is 26.2 Å². The molecule has 178 valence electrons. The van der Waals surface area contributed by atoms with E-state index in [2.05, 4.69) is 12.2 Å². The molecule has 1 N–H and O–H groups in total. The van der Waals surface area contributed by atoms with Gasteiger partial charge in [-0.05, 0) is 60.9 Å². The molecule has 1 heterocycles. The van der Waals surface area contributed by atoms with Gasteiger partial charge in [0.05, 0.1) is 23.1 Å². The van der Waals surface area contributed by atoms with Crippen LogP contribution in [0.5, 0.6) is 0 Å². The summed E-state index contributed by atoms with van der Waals surface area (Å²) in [5.74, 6) is -1.50. The van der Waals surface area contributed by atoms with E-state index < -0.39 is 18.5 Å². The van der Waals surface area contributed by atoms with Crippen LogP contribution in [0.2, 0.25) is 0 Å². The highest BCUT2D eigenvalue weighted by molar-refractivity contribution is 6.22. The van der Waals surface area contributed by atoms with E-state index >= 15 is 0 Å². The van der Waals surface area contributed by atoms with Gasteiger partial charge in [-0.25, -0.2) is 4.79 Å². The van der Waals surface area contributed by atoms with E-state index in [1.165, 1.54) is 17.0 Å². The molecule has 1 saturated heterocycles. The first-order chi connectivity index (χ1) is 16.9. The minimum absolute atomic E-state index is 0.160. The number of rotatable bonds is 5. The van der Waals surface area contributed by atoms with Crippen molar-refractivity contribution in [3.05, 3.63) is 72.3 Å². The molecule has 2 fully saturated rings. The van der Waals surface area contributed by atoms with Crippen LogP contribution >= 0.6 is 0 Å². The van der Waals surface area contributed by atoms with Crippen LogP contribution in [0.4, 0.5) is 11.4 Å². The van der Waals surface area contributed by atoms with Crippen molar-refractivity contribution in [3.8, 4) is 0 Å². The third-order valence-electron chi connectivity index (χ3n) is 6.95. The minimum Gasteiger partial charge on any atom is -0.452 e. The van der Waals surface area contributed by atoms with Gasteiger partial charge < -0.3 is 10.1 Å². The Morgan fingerprint density at radius 3 is 2.43 bits per heavy atom. The number of hydrogen-bond acceptors (Lipinski definition) is 5. The molecule has 35 heavy (non-hydrogen) atoms. The summed E-state index contributed by atoms with van der Waals surface area (Å²) in [6.45, 7) is 1.67. The van der Waals surface area contributed by atoms with Crippen molar-refractivity contribution in [1.82, 2.24) is 0 Å². The van der Waals surface area contributed by atoms with Crippen molar-refractivity contribution in [2.24, 2.45) is 17.8 Å². The zero-order chi connectivity index (χ0) is 24.5. The number of imide groups is 1. The topological polar surface area (TPSA) is 92.8 Å². The van der Waals surface area contributed by atoms with Crippen molar-refractivity contribution < 1.29 is 23.9 Å². The summed E-state index contributed by atoms with van der Waals surface area (Å²) in [7, 11) is 0. The molecule has 3 aromatic rings. The highest BCUT2D eigenvalue weighted by Gasteiger charge is 2.49. The molecule has 1 aliphatic carbocycles. The summed E-state index contributed by atoms with van der Waals surface area (Å²) in [5.41, 5.74) is 1.33. The Morgan fingerprint density at radius 1 is 0.914 bits per heavy atom. The lowest BCUT2D eigenvalue weighted by atomic mass is 9.76. The maximum absolute atomic E-state index is 12.9. The molecule has 0 bridgehead atoms. The van der Waals surface area contributed by atoms with Crippen LogP contribution in [-0.2, 0) is 19.1 Å². The van der Waals surface area contributed by atoms with Gasteiger partial charge in [-0.1, -0.05) is 43.3 Å². The Kier molecular flexibility index (Phi) is 6.07. The van der Waals surface area contributed by atoms with Gasteiger partial charge in [-0.2, -0.15) is 0 Å². The monoisotopic (exact) mass is 470 g/mol. The second-order valence-corrected chi connectivity index (χ2v) is 9.34. The van der Waals surface area contributed by atoms with Gasteiger partial charge in [-0.15, -0.1) is 0 Å². The van der Waals surface area contributed by atoms with Crippen molar-refractivity contribution in [3.63, 3.8) is 0 Å². The van der Waals surface area contributed by atoms with Gasteiger partial charge in [0.1, 0.15) is 0 Å². The summed E-state index contributed by atoms with van der Waals surface area (Å²) in [6, 6.07) is 19.4. The van der Waals surface area contributed by atoms with E-state index in [0.717, 1.165) is 30.0 Å². The molecular formula is C28H26N2O5. The van der Waals surface area contributed by atoms with E-state index in [0.29, 0.717) is 17.3 Å². The van der Waals surface area contributed by atoms with Gasteiger partial charge >= 0.3 is 5.97 Å². The first-order valence-corrected chi connectivity index (χ1v) is 11.8. The molecule has 5 rings (SSSR count). The van der Waals surface area contributed by atoms with Crippen molar-refractivity contribution >= 4 is 45.8 Å². The van der Waals surface area contributed by atoms with Crippen LogP contribution in [-0.4, -0.2) is 30.3 Å². The Morgan fingerprint density at radius 2 is 1.63 bits per heavy atom. The molecule has 0 spiro atoms. The van der Waals surface area contributed by atoms with E-state index in [-0.39, 0.29) is 29.2 Å². The van der Waals surface area contributed by atoms with Crippen LogP contribution in [0.15, 0.2) is 66.7 Å². The van der Waals surface area contributed by atoms with Gasteiger partial charge in [0.25, 0.3) is 5.91 Å². The van der Waals surface area contributed by atoms with Gasteiger partial charge in [0.2, 0.25) is 11.8 Å². The number of amides is 3. The number of anilines is 2. The first kappa shape index (κ1) is 22.8. The molecule has 1 saturated carbocycles. The van der Waals surface area contributed by atoms with Crippen LogP contribution in [0.25, 0.3) is 10.8 Å². The Hall–Kier alpha value is -4.00. The fourth-order valence-electron chi connectivity index (χ4n) is 5.13. The molecule has 2 aliphatic rings. The van der Waals surface area contributed by atoms with Gasteiger partial charge in [-0.3, -0.25) is 19.3 Å². The lowest BCUT2D eigenvalue weighted by Crippen LogP contribution is -2.30. The maximum Gasteiger partial charge on any atom is 0.338 e. The van der Waals surface area contributed by atoms with E-state index in [1.54, 1.807) is 18.2 Å². The minimum atomic E-state index is -0.661. The number of carbonyl (C=O) groups is 4. The highest BCUT2D eigenvalue weighted by Crippen LogP contribution is 2.42. The Balaban J connectivity index is 1.20. The van der Waals surface area contributed by atoms with Gasteiger partial charge in [0, 0.05) is 11.1 Å². The predicted molar refractivity (Wildman–Crippen MR) is 132 cm³/mol. The number of ether oxygens (including phenoxy) is 1. The number of nitrogens with zero attached hydrogens (tertiary/aromatic N) is 1. The average molecular weight is 471 g/mol. The molecule has 3 aromatic carbocycles. The van der Waals surface area contributed by atoms with E-state index in [9.17, 15) is 19.2 Å². The fourth-order valence-corrected chi connectivity index (χ4v) is 5.13. The number of benzene rings is 3. The number of nitrogens with one attached hydrogen (secondary N) is 1. The van der Waals surface area contributed by atoms with E-state index in [1.807, 2.05) is 36.4 Å². The lowest BCUT2D eigenvalue weighted by molar-refractivity contribution is -0.122. The molecule has 3 amide bonds. The molecule has 0 radical (unpaired) electrons. The second kappa shape index (κ2) is 9.33. The SMILES string of the molecule is C[C@@H]1CC[C@@H]2C(=O)N(c3ccc(C(=O)OCC(=O)Nc4cccc5ccccc45)cc3)C(=O)[C@H]2C1. The molecule has 0 aromatic heterocycles. The molecule has 1 aliphatic heterocycles. The third kappa shape index (κ3) is 4.41. The zero-order valence-electron chi connectivity index (χ0n) is 19.4. The normalized spacial score (nSPS) is 21.6. The molecular weight excluding hydrogens is 444 g/mol. The number of esters is 1. The van der Waals surface area contributed by atoms with E-state index in [4.69, 9.17) is 4.74 Å². The number of carbonyl (C=O) groups excluding carboxylic acids is 4. The Bertz CT molecular complexity index is 1310. The average Bonchev–Trinajstić information content (AvgIpc) is 3.12. The highest BCUT2D eigenvalue weighted by atomic mass is 16.5. The van der Waals surface area contributed by atoms with Crippen molar-refractivity contribution in [2.75, 3.05) is 16.8 Å². The quantitative estimate of drug-likeness (QED) is 0.436. The molecule has 7 heteroatoms. The maximum atomic E-state index is 12.9. The molecule has 0 unspecified atom stereocenters. The summed E-state index contributed by atoms with van der Waals surface area (Å²) < 4.78 is 5.17. The molecule has 7 nitrogen and oxygen atoms in total. The van der Waals surface area contributed by atoms with Crippen molar-refractivity contribution in [1.29, 1.82) is 0 Å². The number of hydrogen-bond donors (Lipinski definition) is 1. The summed E-state index contributed by atoms with van der Waals surface area (Å²) >= 11 is 0.